The van der Waals surface area contributed by atoms with Crippen LogP contribution in [0.2, 0.25) is 0 Å². The van der Waals surface area contributed by atoms with Gasteiger partial charge in [-0.3, -0.25) is 0 Å². The minimum absolute atomic E-state index is 0.224. The fourth-order valence-corrected chi connectivity index (χ4v) is 4.77. The molecule has 0 spiro atoms. The van der Waals surface area contributed by atoms with Gasteiger partial charge in [-0.25, -0.2) is 0 Å². The highest BCUT2D eigenvalue weighted by Crippen LogP contribution is 2.30. The molecule has 5 rings (SSSR count). The SMILES string of the molecule is OC1O[C@H](COCc2ccccc2)[C@H](OCc2ccccc2)[C@H](OCc2ccccc2)[C@@H]1OCc1ccccc1. The van der Waals surface area contributed by atoms with Gasteiger partial charge in [0.2, 0.25) is 0 Å². The Morgan fingerprint density at radius 2 is 0.850 bits per heavy atom. The van der Waals surface area contributed by atoms with Crippen molar-refractivity contribution < 1.29 is 28.8 Å². The number of benzene rings is 4. The third-order valence-corrected chi connectivity index (χ3v) is 6.86. The van der Waals surface area contributed by atoms with Gasteiger partial charge in [-0.1, -0.05) is 121 Å². The van der Waals surface area contributed by atoms with E-state index >= 15 is 0 Å². The first-order valence-corrected chi connectivity index (χ1v) is 13.7. The normalized spacial score (nSPS) is 22.7. The van der Waals surface area contributed by atoms with Gasteiger partial charge in [-0.15, -0.1) is 0 Å². The maximum Gasteiger partial charge on any atom is 0.184 e. The molecule has 6 nitrogen and oxygen atoms in total. The zero-order valence-electron chi connectivity index (χ0n) is 22.5. The highest BCUT2D eigenvalue weighted by molar-refractivity contribution is 5.16. The number of ether oxygens (including phenoxy) is 5. The molecular formula is C34H36O6. The van der Waals surface area contributed by atoms with Gasteiger partial charge >= 0.3 is 0 Å². The first-order valence-electron chi connectivity index (χ1n) is 13.7. The fourth-order valence-electron chi connectivity index (χ4n) is 4.77. The van der Waals surface area contributed by atoms with Crippen LogP contribution in [0.5, 0.6) is 0 Å². The molecule has 4 aromatic rings. The van der Waals surface area contributed by atoms with Gasteiger partial charge in [0.05, 0.1) is 33.0 Å². The molecule has 1 saturated heterocycles. The molecule has 0 radical (unpaired) electrons. The lowest BCUT2D eigenvalue weighted by Gasteiger charge is -2.44. The zero-order chi connectivity index (χ0) is 27.4. The van der Waals surface area contributed by atoms with Crippen molar-refractivity contribution in [2.24, 2.45) is 0 Å². The number of hydrogen-bond acceptors (Lipinski definition) is 6. The molecule has 5 atom stereocenters. The van der Waals surface area contributed by atoms with E-state index in [1.807, 2.05) is 121 Å². The lowest BCUT2D eigenvalue weighted by molar-refractivity contribution is -0.317. The van der Waals surface area contributed by atoms with Gasteiger partial charge in [0.15, 0.2) is 6.29 Å². The Hall–Kier alpha value is -3.36. The molecule has 0 aromatic heterocycles. The average Bonchev–Trinajstić information content (AvgIpc) is 3.01. The Labute approximate surface area is 236 Å². The zero-order valence-corrected chi connectivity index (χ0v) is 22.5. The summed E-state index contributed by atoms with van der Waals surface area (Å²) in [6.45, 7) is 1.65. The van der Waals surface area contributed by atoms with Crippen molar-refractivity contribution in [3.05, 3.63) is 144 Å². The van der Waals surface area contributed by atoms with Crippen LogP contribution in [0, 0.1) is 0 Å². The summed E-state index contributed by atoms with van der Waals surface area (Å²) in [4.78, 5) is 0. The summed E-state index contributed by atoms with van der Waals surface area (Å²) in [6, 6.07) is 39.7. The molecule has 1 N–H and O–H groups in total. The van der Waals surface area contributed by atoms with E-state index in [0.29, 0.717) is 26.4 Å². The van der Waals surface area contributed by atoms with Crippen LogP contribution in [-0.2, 0) is 50.1 Å². The lowest BCUT2D eigenvalue weighted by atomic mass is 9.98. The fraction of sp³-hybridized carbons (Fsp3) is 0.294. The maximum atomic E-state index is 11.2. The second-order valence-corrected chi connectivity index (χ2v) is 9.85. The van der Waals surface area contributed by atoms with E-state index in [4.69, 9.17) is 23.7 Å². The van der Waals surface area contributed by atoms with Crippen LogP contribution in [0.4, 0.5) is 0 Å². The van der Waals surface area contributed by atoms with Crippen LogP contribution in [0.1, 0.15) is 22.3 Å². The van der Waals surface area contributed by atoms with Gasteiger partial charge in [-0.05, 0) is 22.3 Å². The second kappa shape index (κ2) is 14.9. The standard InChI is InChI=1S/C34H36O6/c35-34-33(39-24-29-19-11-4-12-20-29)32(38-23-28-17-9-3-10-18-28)31(37-22-27-15-7-2-8-16-27)30(40-34)25-36-21-26-13-5-1-6-14-26/h1-20,30-35H,21-25H2/t30-,31+,32+,33+,34?/m1/s1. The van der Waals surface area contributed by atoms with Crippen molar-refractivity contribution >= 4 is 0 Å². The van der Waals surface area contributed by atoms with Crippen LogP contribution < -0.4 is 0 Å². The third kappa shape index (κ3) is 8.08. The molecule has 1 aliphatic rings. The summed E-state index contributed by atoms with van der Waals surface area (Å²) < 4.78 is 31.4. The average molecular weight is 541 g/mol. The molecule has 1 fully saturated rings. The predicted molar refractivity (Wildman–Crippen MR) is 152 cm³/mol. The van der Waals surface area contributed by atoms with Crippen molar-refractivity contribution in [2.45, 2.75) is 57.1 Å². The number of aliphatic hydroxyl groups is 1. The summed E-state index contributed by atoms with van der Waals surface area (Å²) in [5.41, 5.74) is 4.10. The number of aliphatic hydroxyl groups excluding tert-OH is 1. The summed E-state index contributed by atoms with van der Waals surface area (Å²) >= 11 is 0. The van der Waals surface area contributed by atoms with E-state index in [2.05, 4.69) is 0 Å². The number of hydrogen-bond donors (Lipinski definition) is 1. The Bertz CT molecular complexity index is 1240. The van der Waals surface area contributed by atoms with Crippen LogP contribution in [0.25, 0.3) is 0 Å². The second-order valence-electron chi connectivity index (χ2n) is 9.85. The largest absolute Gasteiger partial charge is 0.374 e. The molecule has 0 saturated carbocycles. The first-order chi connectivity index (χ1) is 19.8. The molecule has 40 heavy (non-hydrogen) atoms. The van der Waals surface area contributed by atoms with Crippen LogP contribution in [0.15, 0.2) is 121 Å². The van der Waals surface area contributed by atoms with Crippen molar-refractivity contribution in [2.75, 3.05) is 6.61 Å². The van der Waals surface area contributed by atoms with E-state index in [0.717, 1.165) is 22.3 Å². The topological polar surface area (TPSA) is 66.4 Å². The molecule has 0 amide bonds. The van der Waals surface area contributed by atoms with Crippen molar-refractivity contribution in [3.63, 3.8) is 0 Å². The number of rotatable bonds is 13. The van der Waals surface area contributed by atoms with E-state index in [-0.39, 0.29) is 6.61 Å². The van der Waals surface area contributed by atoms with Gasteiger partial charge in [-0.2, -0.15) is 0 Å². The highest BCUT2D eigenvalue weighted by Gasteiger charge is 2.48. The molecule has 1 heterocycles. The van der Waals surface area contributed by atoms with Crippen molar-refractivity contribution in [3.8, 4) is 0 Å². The van der Waals surface area contributed by atoms with Crippen LogP contribution in [0.3, 0.4) is 0 Å². The summed E-state index contributed by atoms with van der Waals surface area (Å²) in [7, 11) is 0. The van der Waals surface area contributed by atoms with E-state index < -0.39 is 30.7 Å². The summed E-state index contributed by atoms with van der Waals surface area (Å²) in [5, 5.41) is 11.2. The van der Waals surface area contributed by atoms with E-state index in [1.54, 1.807) is 0 Å². The van der Waals surface area contributed by atoms with Crippen LogP contribution >= 0.6 is 0 Å². The van der Waals surface area contributed by atoms with Crippen molar-refractivity contribution in [1.82, 2.24) is 0 Å². The Morgan fingerprint density at radius 3 is 1.30 bits per heavy atom. The molecule has 0 bridgehead atoms. The maximum absolute atomic E-state index is 11.2. The van der Waals surface area contributed by atoms with Gasteiger partial charge in [0.1, 0.15) is 24.4 Å². The lowest BCUT2D eigenvalue weighted by Crippen LogP contribution is -2.61. The van der Waals surface area contributed by atoms with Gasteiger partial charge in [0.25, 0.3) is 0 Å². The molecule has 4 aromatic carbocycles. The molecule has 0 aliphatic carbocycles. The molecular weight excluding hydrogens is 504 g/mol. The van der Waals surface area contributed by atoms with Crippen LogP contribution in [-0.4, -0.2) is 42.4 Å². The smallest absolute Gasteiger partial charge is 0.184 e. The molecule has 1 unspecified atom stereocenters. The summed E-state index contributed by atoms with van der Waals surface area (Å²) in [6.07, 6.45) is -3.72. The van der Waals surface area contributed by atoms with Crippen molar-refractivity contribution in [1.29, 1.82) is 0 Å². The molecule has 6 heteroatoms. The first kappa shape index (κ1) is 28.2. The highest BCUT2D eigenvalue weighted by atomic mass is 16.7. The van der Waals surface area contributed by atoms with Gasteiger partial charge in [0, 0.05) is 0 Å². The summed E-state index contributed by atoms with van der Waals surface area (Å²) in [5.74, 6) is 0. The minimum atomic E-state index is -1.22. The third-order valence-electron chi connectivity index (χ3n) is 6.86. The molecule has 208 valence electrons. The minimum Gasteiger partial charge on any atom is -0.374 e. The monoisotopic (exact) mass is 540 g/mol. The Kier molecular flexibility index (Phi) is 10.5. The van der Waals surface area contributed by atoms with Gasteiger partial charge < -0.3 is 28.8 Å². The molecule has 1 aliphatic heterocycles. The van der Waals surface area contributed by atoms with E-state index in [1.165, 1.54) is 0 Å². The van der Waals surface area contributed by atoms with E-state index in [9.17, 15) is 5.11 Å². The Morgan fingerprint density at radius 1 is 0.475 bits per heavy atom. The Balaban J connectivity index is 1.36. The predicted octanol–water partition coefficient (Wildman–Crippen LogP) is 5.68. The quantitative estimate of drug-likeness (QED) is 0.236.